The van der Waals surface area contributed by atoms with Gasteiger partial charge in [-0.05, 0) is 58.6 Å². The summed E-state index contributed by atoms with van der Waals surface area (Å²) in [5, 5.41) is 0. The van der Waals surface area contributed by atoms with E-state index in [1.807, 2.05) is 46.8 Å². The van der Waals surface area contributed by atoms with Gasteiger partial charge in [0, 0.05) is 19.6 Å². The molecule has 2 heterocycles. The molecule has 2 fully saturated rings. The number of rotatable bonds is 3. The summed E-state index contributed by atoms with van der Waals surface area (Å²) in [6.07, 6.45) is 1.20. The zero-order valence-electron chi connectivity index (χ0n) is 16.9. The minimum atomic E-state index is -3.72. The molecule has 0 N–H and O–H groups in total. The summed E-state index contributed by atoms with van der Waals surface area (Å²) in [6.45, 7) is 10.9. The van der Waals surface area contributed by atoms with E-state index in [2.05, 4.69) is 0 Å². The van der Waals surface area contributed by atoms with Crippen LogP contribution in [0.25, 0.3) is 0 Å². The fourth-order valence-corrected chi connectivity index (χ4v) is 6.60. The van der Waals surface area contributed by atoms with Crippen molar-refractivity contribution >= 4 is 15.9 Å². The first-order valence-electron chi connectivity index (χ1n) is 9.65. The zero-order valence-corrected chi connectivity index (χ0v) is 17.7. The van der Waals surface area contributed by atoms with Gasteiger partial charge in [0.2, 0.25) is 15.9 Å². The van der Waals surface area contributed by atoms with E-state index in [0.29, 0.717) is 37.4 Å². The van der Waals surface area contributed by atoms with Crippen LogP contribution < -0.4 is 0 Å². The predicted octanol–water partition coefficient (Wildman–Crippen LogP) is 2.40. The normalized spacial score (nSPS) is 27.1. The van der Waals surface area contributed by atoms with E-state index in [-0.39, 0.29) is 18.1 Å². The van der Waals surface area contributed by atoms with Crippen LogP contribution in [0, 0.1) is 20.8 Å². The second-order valence-corrected chi connectivity index (χ2v) is 9.83. The molecule has 0 spiro atoms. The number of carbonyl (C=O) groups is 1. The molecule has 0 bridgehead atoms. The lowest BCUT2D eigenvalue weighted by Crippen LogP contribution is -2.54. The van der Waals surface area contributed by atoms with Crippen LogP contribution in [0.2, 0.25) is 0 Å². The van der Waals surface area contributed by atoms with E-state index >= 15 is 0 Å². The number of hydrogen-bond acceptors (Lipinski definition) is 4. The van der Waals surface area contributed by atoms with Crippen molar-refractivity contribution < 1.29 is 17.9 Å². The highest BCUT2D eigenvalue weighted by atomic mass is 32.2. The minimum absolute atomic E-state index is 0.0363. The third kappa shape index (κ3) is 3.91. The van der Waals surface area contributed by atoms with Crippen molar-refractivity contribution in [2.75, 3.05) is 19.6 Å². The molecule has 3 rings (SSSR count). The fourth-order valence-electron chi connectivity index (χ4n) is 4.53. The Bertz CT molecular complexity index is 803. The Hall–Kier alpha value is -1.44. The van der Waals surface area contributed by atoms with Crippen LogP contribution in [0.1, 0.15) is 43.4 Å². The van der Waals surface area contributed by atoms with E-state index in [9.17, 15) is 13.2 Å². The summed E-state index contributed by atoms with van der Waals surface area (Å²) in [7, 11) is -3.72. The molecule has 0 aliphatic carbocycles. The second-order valence-electron chi connectivity index (χ2n) is 8.00. The number of nitrogens with zero attached hydrogens (tertiary/aromatic N) is 2. The summed E-state index contributed by atoms with van der Waals surface area (Å²) in [4.78, 5) is 15.3. The van der Waals surface area contributed by atoms with E-state index in [4.69, 9.17) is 4.74 Å². The smallest absolute Gasteiger partial charge is 0.244 e. The van der Waals surface area contributed by atoms with Gasteiger partial charge in [0.15, 0.2) is 0 Å². The molecule has 2 aliphatic rings. The molecule has 1 aromatic rings. The molecule has 6 nitrogen and oxygen atoms in total. The Morgan fingerprint density at radius 1 is 1.07 bits per heavy atom. The van der Waals surface area contributed by atoms with Crippen LogP contribution in [0.5, 0.6) is 0 Å². The first-order valence-corrected chi connectivity index (χ1v) is 11.1. The van der Waals surface area contributed by atoms with Crippen LogP contribution in [0.15, 0.2) is 17.0 Å². The summed E-state index contributed by atoms with van der Waals surface area (Å²) in [6, 6.07) is 3.16. The molecule has 150 valence electrons. The van der Waals surface area contributed by atoms with E-state index in [1.165, 1.54) is 4.31 Å². The van der Waals surface area contributed by atoms with E-state index < -0.39 is 16.1 Å². The zero-order chi connectivity index (χ0) is 19.9. The van der Waals surface area contributed by atoms with Crippen LogP contribution in [-0.4, -0.2) is 61.4 Å². The summed E-state index contributed by atoms with van der Waals surface area (Å²) in [5.41, 5.74) is 2.51. The molecule has 0 saturated carbocycles. The Morgan fingerprint density at radius 2 is 1.63 bits per heavy atom. The van der Waals surface area contributed by atoms with E-state index in [0.717, 1.165) is 16.7 Å². The van der Waals surface area contributed by atoms with Crippen LogP contribution in [-0.2, 0) is 19.6 Å². The van der Waals surface area contributed by atoms with Gasteiger partial charge in [0.1, 0.15) is 6.04 Å². The lowest BCUT2D eigenvalue weighted by Gasteiger charge is -2.38. The van der Waals surface area contributed by atoms with Gasteiger partial charge in [-0.1, -0.05) is 17.7 Å². The maximum Gasteiger partial charge on any atom is 0.244 e. The monoisotopic (exact) mass is 394 g/mol. The topological polar surface area (TPSA) is 66.9 Å². The third-order valence-corrected chi connectivity index (χ3v) is 7.61. The summed E-state index contributed by atoms with van der Waals surface area (Å²) >= 11 is 0. The van der Waals surface area contributed by atoms with Gasteiger partial charge in [0.25, 0.3) is 0 Å². The lowest BCUT2D eigenvalue weighted by atomic mass is 10.1. The van der Waals surface area contributed by atoms with Crippen LogP contribution in [0.3, 0.4) is 0 Å². The standard InChI is InChI=1S/C20H30N2O4S/c1-13-9-14(2)19(15(3)10-13)27(24,25)22-8-6-7-18(22)20(23)21-11-16(4)26-17(5)12-21/h9-10,16-18H,6-8,11-12H2,1-5H3. The van der Waals surface area contributed by atoms with Gasteiger partial charge >= 0.3 is 0 Å². The molecule has 0 aromatic heterocycles. The molecule has 27 heavy (non-hydrogen) atoms. The molecular weight excluding hydrogens is 364 g/mol. The van der Waals surface area contributed by atoms with E-state index in [1.54, 1.807) is 4.90 Å². The molecule has 0 radical (unpaired) electrons. The molecule has 2 saturated heterocycles. The molecule has 3 atom stereocenters. The quantitative estimate of drug-likeness (QED) is 0.790. The maximum absolute atomic E-state index is 13.4. The van der Waals surface area contributed by atoms with Crippen molar-refractivity contribution in [2.24, 2.45) is 0 Å². The lowest BCUT2D eigenvalue weighted by molar-refractivity contribution is -0.146. The van der Waals surface area contributed by atoms with Gasteiger partial charge in [-0.3, -0.25) is 4.79 Å². The average molecular weight is 395 g/mol. The van der Waals surface area contributed by atoms with Gasteiger partial charge in [-0.25, -0.2) is 8.42 Å². The Balaban J connectivity index is 1.91. The highest BCUT2D eigenvalue weighted by Crippen LogP contribution is 2.31. The number of carbonyl (C=O) groups excluding carboxylic acids is 1. The van der Waals surface area contributed by atoms with Crippen molar-refractivity contribution in [1.29, 1.82) is 0 Å². The summed E-state index contributed by atoms with van der Waals surface area (Å²) in [5.74, 6) is -0.0968. The first-order chi connectivity index (χ1) is 12.6. The molecule has 3 unspecified atom stereocenters. The molecule has 7 heteroatoms. The van der Waals surface area contributed by atoms with Crippen molar-refractivity contribution in [3.8, 4) is 0 Å². The van der Waals surface area contributed by atoms with Gasteiger partial charge < -0.3 is 9.64 Å². The fraction of sp³-hybridized carbons (Fsp3) is 0.650. The summed E-state index contributed by atoms with van der Waals surface area (Å²) < 4.78 is 34.0. The number of morpholine rings is 1. The largest absolute Gasteiger partial charge is 0.372 e. The molecular formula is C20H30N2O4S. The molecule has 2 aliphatic heterocycles. The average Bonchev–Trinajstić information content (AvgIpc) is 3.02. The Morgan fingerprint density at radius 3 is 2.19 bits per heavy atom. The maximum atomic E-state index is 13.4. The highest BCUT2D eigenvalue weighted by Gasteiger charge is 2.43. The number of hydrogen-bond donors (Lipinski definition) is 0. The first kappa shape index (κ1) is 20.3. The molecule has 1 amide bonds. The van der Waals surface area contributed by atoms with Crippen molar-refractivity contribution in [3.05, 3.63) is 28.8 Å². The number of ether oxygens (including phenoxy) is 1. The van der Waals surface area contributed by atoms with Crippen LogP contribution in [0.4, 0.5) is 0 Å². The van der Waals surface area contributed by atoms with Crippen LogP contribution >= 0.6 is 0 Å². The van der Waals surface area contributed by atoms with Crippen molar-refractivity contribution in [2.45, 2.75) is 70.6 Å². The van der Waals surface area contributed by atoms with Crippen molar-refractivity contribution in [1.82, 2.24) is 9.21 Å². The number of aryl methyl sites for hydroxylation is 3. The minimum Gasteiger partial charge on any atom is -0.372 e. The third-order valence-electron chi connectivity index (χ3n) is 5.39. The predicted molar refractivity (Wildman–Crippen MR) is 104 cm³/mol. The second kappa shape index (κ2) is 7.53. The van der Waals surface area contributed by atoms with Gasteiger partial charge in [-0.2, -0.15) is 4.31 Å². The number of sulfonamides is 1. The SMILES string of the molecule is Cc1cc(C)c(S(=O)(=O)N2CCCC2C(=O)N2CC(C)OC(C)C2)c(C)c1. The highest BCUT2D eigenvalue weighted by molar-refractivity contribution is 7.89. The van der Waals surface area contributed by atoms with Crippen molar-refractivity contribution in [3.63, 3.8) is 0 Å². The van der Waals surface area contributed by atoms with Gasteiger partial charge in [-0.15, -0.1) is 0 Å². The number of amides is 1. The number of benzene rings is 1. The Labute approximate surface area is 162 Å². The molecule has 1 aromatic carbocycles. The van der Waals surface area contributed by atoms with Gasteiger partial charge in [0.05, 0.1) is 17.1 Å². The Kier molecular flexibility index (Phi) is 5.66.